The summed E-state index contributed by atoms with van der Waals surface area (Å²) in [5.41, 5.74) is 0.0899. The number of non-ortho nitro benzene ring substituents is 1. The molecule has 0 aliphatic carbocycles. The molecule has 0 fully saturated rings. The standard InChI is InChI=1S/C9H6N2O5/c12-8(13)4-7-10-9-5(11(14)15)2-1-3-6(9)16-7/h1-3H,4H2,(H,12,13). The molecule has 7 nitrogen and oxygen atoms in total. The van der Waals surface area contributed by atoms with Gasteiger partial charge in [0.05, 0.1) is 4.92 Å². The second-order valence-electron chi connectivity index (χ2n) is 3.06. The van der Waals surface area contributed by atoms with Crippen LogP contribution in [0.4, 0.5) is 5.69 Å². The van der Waals surface area contributed by atoms with Gasteiger partial charge in [-0.25, -0.2) is 4.98 Å². The van der Waals surface area contributed by atoms with E-state index in [4.69, 9.17) is 9.52 Å². The van der Waals surface area contributed by atoms with Crippen molar-refractivity contribution in [2.45, 2.75) is 6.42 Å². The smallest absolute Gasteiger partial charge is 0.312 e. The molecule has 1 heterocycles. The van der Waals surface area contributed by atoms with Gasteiger partial charge < -0.3 is 9.52 Å². The van der Waals surface area contributed by atoms with Crippen molar-refractivity contribution in [1.29, 1.82) is 0 Å². The predicted molar refractivity (Wildman–Crippen MR) is 52.0 cm³/mol. The fourth-order valence-electron chi connectivity index (χ4n) is 1.33. The van der Waals surface area contributed by atoms with Crippen molar-refractivity contribution in [2.24, 2.45) is 0 Å². The van der Waals surface area contributed by atoms with E-state index in [0.717, 1.165) is 0 Å². The quantitative estimate of drug-likeness (QED) is 0.620. The summed E-state index contributed by atoms with van der Waals surface area (Å²) in [6.07, 6.45) is -0.397. The van der Waals surface area contributed by atoms with Gasteiger partial charge in [-0.1, -0.05) is 6.07 Å². The lowest BCUT2D eigenvalue weighted by Gasteiger charge is -1.89. The van der Waals surface area contributed by atoms with E-state index < -0.39 is 17.3 Å². The lowest BCUT2D eigenvalue weighted by molar-refractivity contribution is -0.383. The molecule has 2 aromatic rings. The Balaban J connectivity index is 2.56. The molecule has 1 aromatic heterocycles. The Morgan fingerprint density at radius 1 is 1.56 bits per heavy atom. The SMILES string of the molecule is O=C(O)Cc1nc2c([N+](=O)[O-])cccc2o1. The Labute approximate surface area is 88.5 Å². The van der Waals surface area contributed by atoms with Crippen LogP contribution in [0.5, 0.6) is 0 Å². The minimum atomic E-state index is -1.10. The molecule has 1 aromatic carbocycles. The Morgan fingerprint density at radius 2 is 2.31 bits per heavy atom. The van der Waals surface area contributed by atoms with Gasteiger partial charge in [0.2, 0.25) is 5.89 Å². The van der Waals surface area contributed by atoms with E-state index in [0.29, 0.717) is 0 Å². The minimum absolute atomic E-state index is 0.0446. The van der Waals surface area contributed by atoms with Gasteiger partial charge in [0.1, 0.15) is 6.42 Å². The summed E-state index contributed by atoms with van der Waals surface area (Å²) in [5, 5.41) is 19.2. The van der Waals surface area contributed by atoms with Crippen molar-refractivity contribution in [3.63, 3.8) is 0 Å². The zero-order valence-electron chi connectivity index (χ0n) is 7.91. The second kappa shape index (κ2) is 3.61. The van der Waals surface area contributed by atoms with E-state index in [2.05, 4.69) is 4.98 Å². The number of nitro groups is 1. The summed E-state index contributed by atoms with van der Waals surface area (Å²) in [4.78, 5) is 24.3. The van der Waals surface area contributed by atoms with Crippen LogP contribution in [0.1, 0.15) is 5.89 Å². The number of oxazole rings is 1. The largest absolute Gasteiger partial charge is 0.481 e. The first kappa shape index (κ1) is 10.1. The molecule has 0 saturated heterocycles. The zero-order valence-corrected chi connectivity index (χ0v) is 7.91. The van der Waals surface area contributed by atoms with Gasteiger partial charge in [0, 0.05) is 6.07 Å². The average Bonchev–Trinajstić information content (AvgIpc) is 2.57. The van der Waals surface area contributed by atoms with Crippen LogP contribution >= 0.6 is 0 Å². The molecule has 1 N–H and O–H groups in total. The number of hydrogen-bond donors (Lipinski definition) is 1. The molecule has 0 bridgehead atoms. The van der Waals surface area contributed by atoms with E-state index in [1.54, 1.807) is 0 Å². The maximum absolute atomic E-state index is 10.7. The van der Waals surface area contributed by atoms with Crippen LogP contribution in [-0.4, -0.2) is 21.0 Å². The molecular weight excluding hydrogens is 216 g/mol. The highest BCUT2D eigenvalue weighted by atomic mass is 16.6. The molecule has 2 rings (SSSR count). The number of aromatic nitrogens is 1. The lowest BCUT2D eigenvalue weighted by Crippen LogP contribution is -1.99. The highest BCUT2D eigenvalue weighted by Crippen LogP contribution is 2.25. The number of rotatable bonds is 3. The molecule has 7 heteroatoms. The molecule has 0 unspecified atom stereocenters. The van der Waals surface area contributed by atoms with E-state index in [1.165, 1.54) is 18.2 Å². The molecule has 0 saturated carbocycles. The monoisotopic (exact) mass is 222 g/mol. The number of carboxylic acid groups (broad SMARTS) is 1. The fraction of sp³-hybridized carbons (Fsp3) is 0.111. The molecule has 0 spiro atoms. The van der Waals surface area contributed by atoms with E-state index >= 15 is 0 Å². The summed E-state index contributed by atoms with van der Waals surface area (Å²) in [7, 11) is 0. The number of nitrogens with zero attached hydrogens (tertiary/aromatic N) is 2. The summed E-state index contributed by atoms with van der Waals surface area (Å²) in [5.74, 6) is -1.15. The van der Waals surface area contributed by atoms with E-state index in [-0.39, 0.29) is 22.7 Å². The molecule has 0 aliphatic heterocycles. The van der Waals surface area contributed by atoms with Gasteiger partial charge in [-0.05, 0) is 6.07 Å². The van der Waals surface area contributed by atoms with Gasteiger partial charge in [0.25, 0.3) is 5.69 Å². The lowest BCUT2D eigenvalue weighted by atomic mass is 10.3. The summed E-state index contributed by atoms with van der Waals surface area (Å²) in [6, 6.07) is 4.24. The second-order valence-corrected chi connectivity index (χ2v) is 3.06. The Morgan fingerprint density at radius 3 is 2.94 bits per heavy atom. The van der Waals surface area contributed by atoms with Crippen LogP contribution in [0.15, 0.2) is 22.6 Å². The summed E-state index contributed by atoms with van der Waals surface area (Å²) >= 11 is 0. The number of hydrogen-bond acceptors (Lipinski definition) is 5. The van der Waals surface area contributed by atoms with Gasteiger partial charge in [-0.2, -0.15) is 0 Å². The van der Waals surface area contributed by atoms with E-state index in [9.17, 15) is 14.9 Å². The van der Waals surface area contributed by atoms with Gasteiger partial charge in [-0.3, -0.25) is 14.9 Å². The number of carbonyl (C=O) groups is 1. The van der Waals surface area contributed by atoms with Gasteiger partial charge in [0.15, 0.2) is 11.1 Å². The molecule has 0 atom stereocenters. The van der Waals surface area contributed by atoms with Crippen molar-refractivity contribution in [3.8, 4) is 0 Å². The zero-order chi connectivity index (χ0) is 11.7. The Kier molecular flexibility index (Phi) is 2.28. The molecular formula is C9H6N2O5. The maximum atomic E-state index is 10.7. The first-order valence-electron chi connectivity index (χ1n) is 4.32. The maximum Gasteiger partial charge on any atom is 0.312 e. The van der Waals surface area contributed by atoms with Crippen LogP contribution in [0.3, 0.4) is 0 Å². The topological polar surface area (TPSA) is 106 Å². The summed E-state index contributed by atoms with van der Waals surface area (Å²) < 4.78 is 5.07. The first-order valence-corrected chi connectivity index (χ1v) is 4.32. The molecule has 16 heavy (non-hydrogen) atoms. The van der Waals surface area contributed by atoms with Crippen molar-refractivity contribution in [3.05, 3.63) is 34.2 Å². The molecule has 0 aliphatic rings. The number of nitro benzene ring substituents is 1. The normalized spacial score (nSPS) is 10.5. The number of fused-ring (bicyclic) bond motifs is 1. The Hall–Kier alpha value is -2.44. The third kappa shape index (κ3) is 1.70. The van der Waals surface area contributed by atoms with Crippen LogP contribution < -0.4 is 0 Å². The van der Waals surface area contributed by atoms with Crippen LogP contribution in [-0.2, 0) is 11.2 Å². The highest BCUT2D eigenvalue weighted by molar-refractivity contribution is 5.83. The fourth-order valence-corrected chi connectivity index (χ4v) is 1.33. The van der Waals surface area contributed by atoms with Crippen LogP contribution in [0.25, 0.3) is 11.1 Å². The van der Waals surface area contributed by atoms with Gasteiger partial charge in [-0.15, -0.1) is 0 Å². The molecule has 82 valence electrons. The van der Waals surface area contributed by atoms with Crippen LogP contribution in [0, 0.1) is 10.1 Å². The first-order chi connectivity index (χ1) is 7.58. The van der Waals surface area contributed by atoms with Crippen molar-refractivity contribution < 1.29 is 19.2 Å². The van der Waals surface area contributed by atoms with Crippen molar-refractivity contribution in [2.75, 3.05) is 0 Å². The predicted octanol–water partition coefficient (Wildman–Crippen LogP) is 1.36. The highest BCUT2D eigenvalue weighted by Gasteiger charge is 2.18. The third-order valence-electron chi connectivity index (χ3n) is 1.94. The van der Waals surface area contributed by atoms with Gasteiger partial charge >= 0.3 is 5.97 Å². The third-order valence-corrected chi connectivity index (χ3v) is 1.94. The molecule has 0 radical (unpaired) electrons. The van der Waals surface area contributed by atoms with Crippen molar-refractivity contribution >= 4 is 22.8 Å². The number of carboxylic acids is 1. The number of para-hydroxylation sites is 1. The minimum Gasteiger partial charge on any atom is -0.481 e. The molecule has 0 amide bonds. The number of benzene rings is 1. The Bertz CT molecular complexity index is 574. The number of aliphatic carboxylic acids is 1. The van der Waals surface area contributed by atoms with Crippen molar-refractivity contribution in [1.82, 2.24) is 4.98 Å². The van der Waals surface area contributed by atoms with Crippen LogP contribution in [0.2, 0.25) is 0 Å². The average molecular weight is 222 g/mol. The van der Waals surface area contributed by atoms with E-state index in [1.807, 2.05) is 0 Å². The summed E-state index contributed by atoms with van der Waals surface area (Å²) in [6.45, 7) is 0.